The fourth-order valence-corrected chi connectivity index (χ4v) is 1.22. The van der Waals surface area contributed by atoms with Gasteiger partial charge in [0.15, 0.2) is 0 Å². The molecule has 2 nitrogen and oxygen atoms in total. The van der Waals surface area contributed by atoms with Crippen LogP contribution in [0.3, 0.4) is 0 Å². The van der Waals surface area contributed by atoms with Crippen LogP contribution >= 0.6 is 0 Å². The summed E-state index contributed by atoms with van der Waals surface area (Å²) in [6.07, 6.45) is 0.210. The van der Waals surface area contributed by atoms with Crippen LogP contribution in [0.2, 0.25) is 0 Å². The third-order valence-electron chi connectivity index (χ3n) is 2.48. The maximum Gasteiger partial charge on any atom is 0.310 e. The minimum Gasteiger partial charge on any atom is -0.461 e. The molecule has 2 heteroatoms. The monoisotopic (exact) mass is 230 g/mol. The Morgan fingerprint density at radius 1 is 1.24 bits per heavy atom. The molecule has 0 fully saturated rings. The number of carbonyl (C=O) groups is 1. The van der Waals surface area contributed by atoms with E-state index in [0.29, 0.717) is 6.61 Å². The molecule has 0 spiro atoms. The highest BCUT2D eigenvalue weighted by Gasteiger charge is 2.06. The second-order valence-corrected chi connectivity index (χ2v) is 4.21. The van der Waals surface area contributed by atoms with Crippen LogP contribution in [0.5, 0.6) is 0 Å². The summed E-state index contributed by atoms with van der Waals surface area (Å²) in [5.41, 5.74) is 3.72. The molecule has 0 saturated carbocycles. The summed E-state index contributed by atoms with van der Waals surface area (Å²) in [4.78, 5) is 11.5. The molecule has 0 N–H and O–H groups in total. The number of benzene rings is 1. The molecule has 0 aromatic heterocycles. The van der Waals surface area contributed by atoms with Crippen LogP contribution in [-0.2, 0) is 16.1 Å². The smallest absolute Gasteiger partial charge is 0.310 e. The SMILES string of the molecule is C=C(C)C(=C)CC(=O)OCc1ccc(C)cc1. The number of carbonyl (C=O) groups excluding carboxylic acids is 1. The zero-order valence-corrected chi connectivity index (χ0v) is 10.5. The predicted molar refractivity (Wildman–Crippen MR) is 69.5 cm³/mol. The Bertz CT molecular complexity index is 427. The van der Waals surface area contributed by atoms with Gasteiger partial charge in [0.1, 0.15) is 6.61 Å². The standard InChI is InChI=1S/C15H18O2/c1-11(2)13(4)9-15(16)17-10-14-7-5-12(3)6-8-14/h5-8H,1,4,9-10H2,2-3H3. The van der Waals surface area contributed by atoms with Gasteiger partial charge in [0.2, 0.25) is 0 Å². The van der Waals surface area contributed by atoms with E-state index in [1.807, 2.05) is 38.1 Å². The molecule has 0 saturated heterocycles. The minimum absolute atomic E-state index is 0.210. The summed E-state index contributed by atoms with van der Waals surface area (Å²) in [6, 6.07) is 7.90. The summed E-state index contributed by atoms with van der Waals surface area (Å²) in [6.45, 7) is 11.6. The number of allylic oxidation sites excluding steroid dienone is 1. The van der Waals surface area contributed by atoms with Gasteiger partial charge >= 0.3 is 5.97 Å². The van der Waals surface area contributed by atoms with Crippen molar-refractivity contribution >= 4 is 5.97 Å². The lowest BCUT2D eigenvalue weighted by atomic mass is 10.1. The Labute approximate surface area is 103 Å². The topological polar surface area (TPSA) is 26.3 Å². The molecule has 17 heavy (non-hydrogen) atoms. The first-order valence-electron chi connectivity index (χ1n) is 5.54. The predicted octanol–water partition coefficient (Wildman–Crippen LogP) is 3.56. The Balaban J connectivity index is 2.41. The van der Waals surface area contributed by atoms with Crippen molar-refractivity contribution in [1.82, 2.24) is 0 Å². The first-order chi connectivity index (χ1) is 7.99. The maximum absolute atomic E-state index is 11.5. The highest BCUT2D eigenvalue weighted by Crippen LogP contribution is 2.11. The Hall–Kier alpha value is -1.83. The molecule has 0 bridgehead atoms. The van der Waals surface area contributed by atoms with Crippen LogP contribution in [0.4, 0.5) is 0 Å². The molecule has 0 radical (unpaired) electrons. The zero-order chi connectivity index (χ0) is 12.8. The van der Waals surface area contributed by atoms with E-state index in [0.717, 1.165) is 16.7 Å². The molecule has 0 atom stereocenters. The molecule has 1 aromatic carbocycles. The second kappa shape index (κ2) is 6.04. The third-order valence-corrected chi connectivity index (χ3v) is 2.48. The third kappa shape index (κ3) is 4.68. The van der Waals surface area contributed by atoms with E-state index in [2.05, 4.69) is 13.2 Å². The van der Waals surface area contributed by atoms with Gasteiger partial charge in [-0.25, -0.2) is 0 Å². The van der Waals surface area contributed by atoms with E-state index in [9.17, 15) is 4.79 Å². The number of rotatable bonds is 5. The van der Waals surface area contributed by atoms with Gasteiger partial charge in [-0.3, -0.25) is 4.79 Å². The molecule has 0 heterocycles. The molecule has 90 valence electrons. The Morgan fingerprint density at radius 3 is 2.35 bits per heavy atom. The van der Waals surface area contributed by atoms with E-state index in [4.69, 9.17) is 4.74 Å². The van der Waals surface area contributed by atoms with Crippen LogP contribution in [0.1, 0.15) is 24.5 Å². The number of aryl methyl sites for hydroxylation is 1. The van der Waals surface area contributed by atoms with Crippen LogP contribution in [-0.4, -0.2) is 5.97 Å². The van der Waals surface area contributed by atoms with Gasteiger partial charge in [-0.2, -0.15) is 0 Å². The lowest BCUT2D eigenvalue weighted by molar-refractivity contribution is -0.144. The van der Waals surface area contributed by atoms with Gasteiger partial charge in [0.25, 0.3) is 0 Å². The first kappa shape index (κ1) is 13.2. The first-order valence-corrected chi connectivity index (χ1v) is 5.54. The molecule has 0 aliphatic rings. The van der Waals surface area contributed by atoms with E-state index in [-0.39, 0.29) is 12.4 Å². The lowest BCUT2D eigenvalue weighted by Crippen LogP contribution is -2.05. The molecule has 0 aliphatic carbocycles. The van der Waals surface area contributed by atoms with E-state index >= 15 is 0 Å². The second-order valence-electron chi connectivity index (χ2n) is 4.21. The minimum atomic E-state index is -0.265. The van der Waals surface area contributed by atoms with Crippen molar-refractivity contribution in [3.63, 3.8) is 0 Å². The van der Waals surface area contributed by atoms with Gasteiger partial charge in [-0.15, -0.1) is 0 Å². The average molecular weight is 230 g/mol. The summed E-state index contributed by atoms with van der Waals surface area (Å²) < 4.78 is 5.15. The van der Waals surface area contributed by atoms with Crippen LogP contribution in [0.15, 0.2) is 48.6 Å². The molecule has 0 aliphatic heterocycles. The number of ether oxygens (including phenoxy) is 1. The summed E-state index contributed by atoms with van der Waals surface area (Å²) in [5, 5.41) is 0. The molecule has 0 unspecified atom stereocenters. The van der Waals surface area contributed by atoms with Crippen LogP contribution < -0.4 is 0 Å². The quantitative estimate of drug-likeness (QED) is 0.571. The van der Waals surface area contributed by atoms with E-state index < -0.39 is 0 Å². The van der Waals surface area contributed by atoms with Crippen molar-refractivity contribution in [3.8, 4) is 0 Å². The molecular formula is C15H18O2. The fraction of sp³-hybridized carbons (Fsp3) is 0.267. The van der Waals surface area contributed by atoms with Gasteiger partial charge in [0.05, 0.1) is 6.42 Å². The zero-order valence-electron chi connectivity index (χ0n) is 10.5. The van der Waals surface area contributed by atoms with Gasteiger partial charge in [-0.05, 0) is 25.0 Å². The van der Waals surface area contributed by atoms with Crippen molar-refractivity contribution in [2.24, 2.45) is 0 Å². The van der Waals surface area contributed by atoms with E-state index in [1.54, 1.807) is 0 Å². The van der Waals surface area contributed by atoms with E-state index in [1.165, 1.54) is 5.56 Å². The maximum atomic E-state index is 11.5. The van der Waals surface area contributed by atoms with Gasteiger partial charge in [0, 0.05) is 0 Å². The summed E-state index contributed by atoms with van der Waals surface area (Å²) >= 11 is 0. The number of esters is 1. The Morgan fingerprint density at radius 2 is 1.82 bits per heavy atom. The number of hydrogen-bond acceptors (Lipinski definition) is 2. The fourth-order valence-electron chi connectivity index (χ4n) is 1.22. The number of hydrogen-bond donors (Lipinski definition) is 0. The van der Waals surface area contributed by atoms with Crippen molar-refractivity contribution in [2.45, 2.75) is 26.9 Å². The molecule has 1 aromatic rings. The average Bonchev–Trinajstić information content (AvgIpc) is 2.28. The highest BCUT2D eigenvalue weighted by molar-refractivity contribution is 5.73. The molecular weight excluding hydrogens is 212 g/mol. The van der Waals surface area contributed by atoms with Crippen LogP contribution in [0, 0.1) is 6.92 Å². The normalized spacial score (nSPS) is 9.76. The highest BCUT2D eigenvalue weighted by atomic mass is 16.5. The largest absolute Gasteiger partial charge is 0.461 e. The van der Waals surface area contributed by atoms with Gasteiger partial charge in [-0.1, -0.05) is 48.6 Å². The summed E-state index contributed by atoms with van der Waals surface area (Å²) in [7, 11) is 0. The Kier molecular flexibility index (Phi) is 4.70. The van der Waals surface area contributed by atoms with Crippen LogP contribution in [0.25, 0.3) is 0 Å². The van der Waals surface area contributed by atoms with Crippen molar-refractivity contribution in [2.75, 3.05) is 0 Å². The van der Waals surface area contributed by atoms with Crippen molar-refractivity contribution in [1.29, 1.82) is 0 Å². The molecule has 0 amide bonds. The lowest BCUT2D eigenvalue weighted by Gasteiger charge is -2.07. The van der Waals surface area contributed by atoms with Gasteiger partial charge < -0.3 is 4.74 Å². The van der Waals surface area contributed by atoms with Crippen molar-refractivity contribution < 1.29 is 9.53 Å². The molecule has 1 rings (SSSR count). The summed E-state index contributed by atoms with van der Waals surface area (Å²) in [5.74, 6) is -0.265. The van der Waals surface area contributed by atoms with Crippen molar-refractivity contribution in [3.05, 3.63) is 59.7 Å².